The van der Waals surface area contributed by atoms with Crippen molar-refractivity contribution in [2.24, 2.45) is 0 Å². The molecule has 0 aliphatic carbocycles. The van der Waals surface area contributed by atoms with Crippen LogP contribution in [0.2, 0.25) is 10.0 Å². The number of aryl methyl sites for hydroxylation is 2. The Bertz CT molecular complexity index is 1490. The Kier molecular flexibility index (Phi) is 9.93. The van der Waals surface area contributed by atoms with Crippen molar-refractivity contribution in [2.75, 3.05) is 10.8 Å². The zero-order chi connectivity index (χ0) is 29.8. The van der Waals surface area contributed by atoms with Gasteiger partial charge in [0.1, 0.15) is 12.6 Å². The summed E-state index contributed by atoms with van der Waals surface area (Å²) < 4.78 is 28.8. The molecule has 214 valence electrons. The maximum absolute atomic E-state index is 14.0. The van der Waals surface area contributed by atoms with Gasteiger partial charge in [-0.05, 0) is 76.9 Å². The number of nitrogens with zero attached hydrogens (tertiary/aromatic N) is 2. The predicted octanol–water partition coefficient (Wildman–Crippen LogP) is 6.14. The Morgan fingerprint density at radius 1 is 0.925 bits per heavy atom. The first-order valence-electron chi connectivity index (χ1n) is 12.8. The molecule has 1 N–H and O–H groups in total. The molecule has 3 rings (SSSR count). The Morgan fingerprint density at radius 3 is 2.15 bits per heavy atom. The lowest BCUT2D eigenvalue weighted by Gasteiger charge is -2.34. The van der Waals surface area contributed by atoms with Gasteiger partial charge >= 0.3 is 0 Å². The molecule has 0 spiro atoms. The molecule has 40 heavy (non-hydrogen) atoms. The molecule has 0 aliphatic heterocycles. The summed E-state index contributed by atoms with van der Waals surface area (Å²) in [6.07, 6.45) is 0. The average molecular weight is 605 g/mol. The van der Waals surface area contributed by atoms with Crippen molar-refractivity contribution in [1.29, 1.82) is 0 Å². The summed E-state index contributed by atoms with van der Waals surface area (Å²) in [5.74, 6) is -0.935. The number of amides is 2. The number of halogens is 2. The average Bonchev–Trinajstić information content (AvgIpc) is 2.87. The summed E-state index contributed by atoms with van der Waals surface area (Å²) in [5.41, 5.74) is 2.18. The van der Waals surface area contributed by atoms with Gasteiger partial charge < -0.3 is 10.2 Å². The quantitative estimate of drug-likeness (QED) is 0.318. The van der Waals surface area contributed by atoms with Gasteiger partial charge in [-0.3, -0.25) is 13.9 Å². The molecule has 0 bridgehead atoms. The normalized spacial score (nSPS) is 12.5. The van der Waals surface area contributed by atoms with Gasteiger partial charge in [-0.1, -0.05) is 71.2 Å². The third-order valence-electron chi connectivity index (χ3n) is 6.36. The molecule has 0 aliphatic rings. The van der Waals surface area contributed by atoms with Crippen LogP contribution in [0.4, 0.5) is 5.69 Å². The fraction of sp³-hybridized carbons (Fsp3) is 0.333. The smallest absolute Gasteiger partial charge is 0.264 e. The van der Waals surface area contributed by atoms with Crippen LogP contribution in [-0.4, -0.2) is 43.3 Å². The van der Waals surface area contributed by atoms with Crippen molar-refractivity contribution in [3.63, 3.8) is 0 Å². The van der Waals surface area contributed by atoms with Crippen LogP contribution in [0.1, 0.15) is 44.4 Å². The predicted molar refractivity (Wildman–Crippen MR) is 161 cm³/mol. The second kappa shape index (κ2) is 12.6. The minimum absolute atomic E-state index is 0.00312. The van der Waals surface area contributed by atoms with Crippen LogP contribution in [0, 0.1) is 13.8 Å². The molecule has 3 aromatic carbocycles. The molecule has 0 aromatic heterocycles. The van der Waals surface area contributed by atoms with Gasteiger partial charge in [0.25, 0.3) is 10.0 Å². The molecule has 7 nitrogen and oxygen atoms in total. The van der Waals surface area contributed by atoms with E-state index in [-0.39, 0.29) is 33.1 Å². The third kappa shape index (κ3) is 7.56. The van der Waals surface area contributed by atoms with E-state index in [2.05, 4.69) is 5.32 Å². The molecule has 3 aromatic rings. The number of carbonyl (C=O) groups is 2. The van der Waals surface area contributed by atoms with Crippen molar-refractivity contribution in [3.8, 4) is 0 Å². The summed E-state index contributed by atoms with van der Waals surface area (Å²) >= 11 is 12.7. The van der Waals surface area contributed by atoms with Gasteiger partial charge in [0, 0.05) is 12.1 Å². The molecule has 0 heterocycles. The highest BCUT2D eigenvalue weighted by Gasteiger charge is 2.34. The molecular weight excluding hydrogens is 569 g/mol. The number of anilines is 1. The molecule has 0 saturated heterocycles. The van der Waals surface area contributed by atoms with E-state index < -0.39 is 34.1 Å². The minimum Gasteiger partial charge on any atom is -0.350 e. The van der Waals surface area contributed by atoms with Crippen LogP contribution in [-0.2, 0) is 26.2 Å². The molecule has 0 radical (unpaired) electrons. The first-order chi connectivity index (χ1) is 18.6. The zero-order valence-corrected chi connectivity index (χ0v) is 25.9. The fourth-order valence-corrected chi connectivity index (χ4v) is 5.94. The van der Waals surface area contributed by atoms with E-state index in [1.54, 1.807) is 25.1 Å². The highest BCUT2D eigenvalue weighted by molar-refractivity contribution is 7.92. The fourth-order valence-electron chi connectivity index (χ4n) is 4.06. The van der Waals surface area contributed by atoms with Crippen LogP contribution in [0.15, 0.2) is 71.6 Å². The van der Waals surface area contributed by atoms with Crippen LogP contribution < -0.4 is 9.62 Å². The van der Waals surface area contributed by atoms with E-state index in [9.17, 15) is 18.0 Å². The maximum atomic E-state index is 14.0. The van der Waals surface area contributed by atoms with E-state index in [1.165, 1.54) is 29.2 Å². The Balaban J connectivity index is 2.09. The molecule has 0 saturated carbocycles. The number of sulfonamides is 1. The number of benzene rings is 3. The van der Waals surface area contributed by atoms with Gasteiger partial charge in [0.15, 0.2) is 0 Å². The molecule has 2 amide bonds. The molecular formula is C30H35Cl2N3O4S. The second-order valence-electron chi connectivity index (χ2n) is 10.8. The molecule has 1 unspecified atom stereocenters. The van der Waals surface area contributed by atoms with Gasteiger partial charge in [-0.15, -0.1) is 0 Å². The maximum Gasteiger partial charge on any atom is 0.264 e. The van der Waals surface area contributed by atoms with E-state index >= 15 is 0 Å². The Morgan fingerprint density at radius 2 is 1.55 bits per heavy atom. The highest BCUT2D eigenvalue weighted by atomic mass is 35.5. The van der Waals surface area contributed by atoms with Crippen molar-refractivity contribution >= 4 is 50.7 Å². The van der Waals surface area contributed by atoms with Crippen LogP contribution in [0.5, 0.6) is 0 Å². The van der Waals surface area contributed by atoms with Crippen LogP contribution >= 0.6 is 23.2 Å². The van der Waals surface area contributed by atoms with Gasteiger partial charge in [-0.2, -0.15) is 0 Å². The van der Waals surface area contributed by atoms with Crippen molar-refractivity contribution in [1.82, 2.24) is 10.2 Å². The van der Waals surface area contributed by atoms with Crippen molar-refractivity contribution < 1.29 is 18.0 Å². The Hall–Kier alpha value is -3.07. The van der Waals surface area contributed by atoms with Gasteiger partial charge in [-0.25, -0.2) is 8.42 Å². The van der Waals surface area contributed by atoms with Crippen LogP contribution in [0.3, 0.4) is 0 Å². The van der Waals surface area contributed by atoms with E-state index in [0.717, 1.165) is 21.0 Å². The van der Waals surface area contributed by atoms with Gasteiger partial charge in [0.2, 0.25) is 11.8 Å². The van der Waals surface area contributed by atoms with E-state index in [0.29, 0.717) is 0 Å². The van der Waals surface area contributed by atoms with Crippen molar-refractivity contribution in [2.45, 2.75) is 64.6 Å². The number of carbonyl (C=O) groups excluding carboxylic acids is 2. The molecule has 10 heteroatoms. The molecule has 1 atom stereocenters. The molecule has 0 fully saturated rings. The highest BCUT2D eigenvalue weighted by Crippen LogP contribution is 2.35. The zero-order valence-electron chi connectivity index (χ0n) is 23.5. The summed E-state index contributed by atoms with van der Waals surface area (Å²) in [6, 6.07) is 17.5. The lowest BCUT2D eigenvalue weighted by Crippen LogP contribution is -2.54. The number of rotatable bonds is 9. The van der Waals surface area contributed by atoms with E-state index in [1.807, 2.05) is 58.9 Å². The monoisotopic (exact) mass is 603 g/mol. The summed E-state index contributed by atoms with van der Waals surface area (Å²) in [7, 11) is -4.25. The largest absolute Gasteiger partial charge is 0.350 e. The van der Waals surface area contributed by atoms with Gasteiger partial charge in [0.05, 0.1) is 20.6 Å². The summed E-state index contributed by atoms with van der Waals surface area (Å²) in [4.78, 5) is 28.6. The summed E-state index contributed by atoms with van der Waals surface area (Å²) in [5, 5.41) is 3.06. The number of hydrogen-bond acceptors (Lipinski definition) is 4. The minimum atomic E-state index is -4.25. The van der Waals surface area contributed by atoms with E-state index in [4.69, 9.17) is 23.2 Å². The lowest BCUT2D eigenvalue weighted by atomic mass is 10.1. The SMILES string of the molecule is Cc1ccc(S(=O)(=O)N(CC(=O)N(Cc2ccccc2C)C(C)C(=O)NC(C)(C)C)c2cccc(Cl)c2Cl)cc1. The first kappa shape index (κ1) is 31.5. The topological polar surface area (TPSA) is 86.8 Å². The first-order valence-corrected chi connectivity index (χ1v) is 15.0. The van der Waals surface area contributed by atoms with Crippen molar-refractivity contribution in [3.05, 3.63) is 93.5 Å². The Labute approximate surface area is 247 Å². The summed E-state index contributed by atoms with van der Waals surface area (Å²) in [6.45, 7) is 10.4. The number of nitrogens with one attached hydrogen (secondary N) is 1. The standard InChI is InChI=1S/C30H35Cl2N3O4S/c1-20-14-16-24(17-15-20)40(38,39)35(26-13-9-12-25(31)28(26)32)19-27(36)34(18-23-11-8-7-10-21(23)2)22(3)29(37)33-30(4,5)6/h7-17,22H,18-19H2,1-6H3,(H,33,37). The second-order valence-corrected chi connectivity index (χ2v) is 13.4. The third-order valence-corrected chi connectivity index (χ3v) is 8.94. The lowest BCUT2D eigenvalue weighted by molar-refractivity contribution is -0.140. The van der Waals surface area contributed by atoms with Crippen LogP contribution in [0.25, 0.3) is 0 Å². The number of hydrogen-bond donors (Lipinski definition) is 1.